The highest BCUT2D eigenvalue weighted by Gasteiger charge is 2.19. The monoisotopic (exact) mass is 378 g/mol. The molecular weight excluding hydrogens is 348 g/mol. The number of hydrogen-bond donors (Lipinski definition) is 1. The first-order valence-electron chi connectivity index (χ1n) is 10.4. The van der Waals surface area contributed by atoms with Crippen LogP contribution in [0.2, 0.25) is 0 Å². The number of piperazine rings is 1. The van der Waals surface area contributed by atoms with E-state index in [0.717, 1.165) is 64.3 Å². The molecule has 0 aromatic heterocycles. The van der Waals surface area contributed by atoms with Crippen LogP contribution in [0.25, 0.3) is 0 Å². The molecule has 0 unspecified atom stereocenters. The minimum absolute atomic E-state index is 0.0190. The fourth-order valence-corrected chi connectivity index (χ4v) is 4.06. The average molecular weight is 379 g/mol. The molecule has 2 aliphatic heterocycles. The molecule has 5 nitrogen and oxygen atoms in total. The summed E-state index contributed by atoms with van der Waals surface area (Å²) < 4.78 is 0. The van der Waals surface area contributed by atoms with Gasteiger partial charge in [0.25, 0.3) is 0 Å². The molecule has 2 aromatic carbocycles. The zero-order valence-corrected chi connectivity index (χ0v) is 16.7. The molecule has 2 saturated heterocycles. The van der Waals surface area contributed by atoms with Crippen LogP contribution in [0.5, 0.6) is 0 Å². The number of anilines is 2. The molecule has 28 heavy (non-hydrogen) atoms. The molecule has 0 spiro atoms. The van der Waals surface area contributed by atoms with Crippen LogP contribution >= 0.6 is 0 Å². The minimum Gasteiger partial charge on any atom is -0.369 e. The summed E-state index contributed by atoms with van der Waals surface area (Å²) in [7, 11) is 0. The highest BCUT2D eigenvalue weighted by Crippen LogP contribution is 2.20. The lowest BCUT2D eigenvalue weighted by Gasteiger charge is -2.36. The molecule has 4 rings (SSSR count). The van der Waals surface area contributed by atoms with Crippen LogP contribution in [0.1, 0.15) is 17.5 Å². The Bertz CT molecular complexity index is 797. The molecule has 0 aliphatic carbocycles. The molecule has 2 aliphatic rings. The Hall–Kier alpha value is -2.53. The summed E-state index contributed by atoms with van der Waals surface area (Å²) in [5.74, 6) is 0. The minimum atomic E-state index is 0.0190. The van der Waals surface area contributed by atoms with Crippen molar-refractivity contribution < 1.29 is 4.79 Å². The van der Waals surface area contributed by atoms with Gasteiger partial charge >= 0.3 is 6.03 Å². The number of urea groups is 1. The lowest BCUT2D eigenvalue weighted by molar-refractivity contribution is 0.243. The lowest BCUT2D eigenvalue weighted by atomic mass is 10.1. The van der Waals surface area contributed by atoms with E-state index in [1.807, 2.05) is 4.90 Å². The van der Waals surface area contributed by atoms with Crippen molar-refractivity contribution in [3.05, 3.63) is 59.7 Å². The highest BCUT2D eigenvalue weighted by atomic mass is 16.2. The van der Waals surface area contributed by atoms with Crippen molar-refractivity contribution in [2.75, 3.05) is 55.6 Å². The second-order valence-corrected chi connectivity index (χ2v) is 7.82. The summed E-state index contributed by atoms with van der Waals surface area (Å²) in [4.78, 5) is 18.8. The molecule has 2 heterocycles. The van der Waals surface area contributed by atoms with Gasteiger partial charge in [-0.25, -0.2) is 4.79 Å². The van der Waals surface area contributed by atoms with Crippen LogP contribution < -0.4 is 15.1 Å². The van der Waals surface area contributed by atoms with E-state index in [9.17, 15) is 4.79 Å². The maximum Gasteiger partial charge on any atom is 0.321 e. The van der Waals surface area contributed by atoms with Gasteiger partial charge in [-0.15, -0.1) is 0 Å². The molecule has 2 aromatic rings. The Morgan fingerprint density at radius 2 is 1.71 bits per heavy atom. The largest absolute Gasteiger partial charge is 0.369 e. The fraction of sp³-hybridized carbons (Fsp3) is 0.435. The molecule has 2 amide bonds. The van der Waals surface area contributed by atoms with Crippen molar-refractivity contribution in [2.24, 2.45) is 0 Å². The SMILES string of the molecule is Cc1cccc(N2CCN(CCc3ccc(N4CCCNC4=O)cc3)CC2)c1. The second kappa shape index (κ2) is 8.65. The van der Waals surface area contributed by atoms with Crippen LogP contribution in [0, 0.1) is 6.92 Å². The summed E-state index contributed by atoms with van der Waals surface area (Å²) in [6.07, 6.45) is 2.05. The molecule has 148 valence electrons. The average Bonchev–Trinajstić information content (AvgIpc) is 2.73. The van der Waals surface area contributed by atoms with Crippen molar-refractivity contribution >= 4 is 17.4 Å². The third-order valence-electron chi connectivity index (χ3n) is 5.78. The Balaban J connectivity index is 1.26. The van der Waals surface area contributed by atoms with Crippen LogP contribution in [0.4, 0.5) is 16.2 Å². The van der Waals surface area contributed by atoms with Crippen LogP contribution in [0.3, 0.4) is 0 Å². The van der Waals surface area contributed by atoms with E-state index in [4.69, 9.17) is 0 Å². The van der Waals surface area contributed by atoms with Crippen LogP contribution in [-0.4, -0.2) is 56.7 Å². The molecule has 0 atom stereocenters. The molecule has 0 saturated carbocycles. The van der Waals surface area contributed by atoms with Gasteiger partial charge in [-0.05, 0) is 55.2 Å². The van der Waals surface area contributed by atoms with Gasteiger partial charge in [0.1, 0.15) is 0 Å². The number of carbonyl (C=O) groups excluding carboxylic acids is 1. The van der Waals surface area contributed by atoms with Gasteiger partial charge in [-0.3, -0.25) is 9.80 Å². The number of benzene rings is 2. The van der Waals surface area contributed by atoms with E-state index in [2.05, 4.69) is 70.6 Å². The van der Waals surface area contributed by atoms with Crippen molar-refractivity contribution in [1.82, 2.24) is 10.2 Å². The number of carbonyl (C=O) groups is 1. The van der Waals surface area contributed by atoms with E-state index >= 15 is 0 Å². The standard InChI is InChI=1S/C23H30N4O/c1-19-4-2-5-22(18-19)26-16-14-25(15-17-26)13-10-20-6-8-21(9-7-20)27-12-3-11-24-23(27)28/h2,4-9,18H,3,10-17H2,1H3,(H,24,28). The van der Waals surface area contributed by atoms with Gasteiger partial charge in [0.05, 0.1) is 0 Å². The number of nitrogens with zero attached hydrogens (tertiary/aromatic N) is 3. The summed E-state index contributed by atoms with van der Waals surface area (Å²) in [6.45, 7) is 9.23. The Labute approximate surface area is 167 Å². The number of aryl methyl sites for hydroxylation is 1. The van der Waals surface area contributed by atoms with E-state index in [1.165, 1.54) is 16.8 Å². The topological polar surface area (TPSA) is 38.8 Å². The van der Waals surface area contributed by atoms with Crippen LogP contribution in [-0.2, 0) is 6.42 Å². The smallest absolute Gasteiger partial charge is 0.321 e. The summed E-state index contributed by atoms with van der Waals surface area (Å²) >= 11 is 0. The first-order chi connectivity index (χ1) is 13.7. The summed E-state index contributed by atoms with van der Waals surface area (Å²) in [5, 5.41) is 2.91. The van der Waals surface area contributed by atoms with E-state index in [1.54, 1.807) is 0 Å². The Morgan fingerprint density at radius 3 is 2.43 bits per heavy atom. The van der Waals surface area contributed by atoms with Crippen molar-refractivity contribution in [3.63, 3.8) is 0 Å². The predicted molar refractivity (Wildman–Crippen MR) is 115 cm³/mol. The maximum atomic E-state index is 12.0. The van der Waals surface area contributed by atoms with E-state index in [0.29, 0.717) is 0 Å². The number of amides is 2. The van der Waals surface area contributed by atoms with Gasteiger partial charge in [0, 0.05) is 57.2 Å². The van der Waals surface area contributed by atoms with E-state index < -0.39 is 0 Å². The van der Waals surface area contributed by atoms with Gasteiger partial charge in [0.15, 0.2) is 0 Å². The molecular formula is C23H30N4O. The lowest BCUT2D eigenvalue weighted by Crippen LogP contribution is -2.47. The van der Waals surface area contributed by atoms with Crippen molar-refractivity contribution in [2.45, 2.75) is 19.8 Å². The van der Waals surface area contributed by atoms with Crippen LogP contribution in [0.15, 0.2) is 48.5 Å². The quantitative estimate of drug-likeness (QED) is 0.868. The second-order valence-electron chi connectivity index (χ2n) is 7.82. The number of nitrogens with one attached hydrogen (secondary N) is 1. The van der Waals surface area contributed by atoms with E-state index in [-0.39, 0.29) is 6.03 Å². The Kier molecular flexibility index (Phi) is 5.81. The van der Waals surface area contributed by atoms with Gasteiger partial charge in [-0.1, -0.05) is 24.3 Å². The molecule has 2 fully saturated rings. The molecule has 0 bridgehead atoms. The predicted octanol–water partition coefficient (Wildman–Crippen LogP) is 3.28. The molecule has 1 N–H and O–H groups in total. The van der Waals surface area contributed by atoms with Gasteiger partial charge in [-0.2, -0.15) is 0 Å². The zero-order valence-electron chi connectivity index (χ0n) is 16.7. The first kappa shape index (κ1) is 18.8. The highest BCUT2D eigenvalue weighted by molar-refractivity contribution is 5.92. The third-order valence-corrected chi connectivity index (χ3v) is 5.78. The number of hydrogen-bond acceptors (Lipinski definition) is 3. The molecule has 5 heteroatoms. The van der Waals surface area contributed by atoms with Crippen molar-refractivity contribution in [3.8, 4) is 0 Å². The maximum absolute atomic E-state index is 12.0. The van der Waals surface area contributed by atoms with Gasteiger partial charge < -0.3 is 10.2 Å². The first-order valence-corrected chi connectivity index (χ1v) is 10.4. The summed E-state index contributed by atoms with van der Waals surface area (Å²) in [6, 6.07) is 17.3. The third kappa shape index (κ3) is 4.47. The normalized spacial score (nSPS) is 18.2. The van der Waals surface area contributed by atoms with Gasteiger partial charge in [0.2, 0.25) is 0 Å². The molecule has 0 radical (unpaired) electrons. The summed E-state index contributed by atoms with van der Waals surface area (Å²) in [5.41, 5.74) is 5.00. The fourth-order valence-electron chi connectivity index (χ4n) is 4.06. The number of rotatable bonds is 5. The van der Waals surface area contributed by atoms with Crippen molar-refractivity contribution in [1.29, 1.82) is 0 Å². The zero-order chi connectivity index (χ0) is 19.3. The Morgan fingerprint density at radius 1 is 0.929 bits per heavy atom.